The zero-order valence-corrected chi connectivity index (χ0v) is 20.8. The smallest absolute Gasteiger partial charge is 0.242 e. The molecule has 0 radical (unpaired) electrons. The number of nitrogens with zero attached hydrogens (tertiary/aromatic N) is 1. The Hall–Kier alpha value is -3.11. The lowest BCUT2D eigenvalue weighted by Crippen LogP contribution is -2.49. The summed E-state index contributed by atoms with van der Waals surface area (Å²) < 4.78 is 0. The number of carbonyl (C=O) groups is 2. The average Bonchev–Trinajstić information content (AvgIpc) is 2.87. The zero-order valence-electron chi connectivity index (χ0n) is 20.1. The molecule has 4 nitrogen and oxygen atoms in total. The number of hydrogen-bond donors (Lipinski definition) is 1. The van der Waals surface area contributed by atoms with Crippen molar-refractivity contribution in [2.45, 2.75) is 58.2 Å². The molecule has 3 aromatic rings. The first-order valence-corrected chi connectivity index (χ1v) is 12.2. The van der Waals surface area contributed by atoms with Crippen LogP contribution in [0.3, 0.4) is 0 Å². The molecule has 1 N–H and O–H groups in total. The first-order valence-electron chi connectivity index (χ1n) is 11.8. The number of benzene rings is 3. The topological polar surface area (TPSA) is 49.4 Å². The molecule has 178 valence electrons. The fourth-order valence-electron chi connectivity index (χ4n) is 3.95. The molecular weight excluding hydrogens is 444 g/mol. The van der Waals surface area contributed by atoms with Gasteiger partial charge in [0.15, 0.2) is 0 Å². The van der Waals surface area contributed by atoms with Gasteiger partial charge >= 0.3 is 0 Å². The molecule has 0 spiro atoms. The minimum absolute atomic E-state index is 0.0357. The molecule has 2 atom stereocenters. The Morgan fingerprint density at radius 2 is 1.38 bits per heavy atom. The van der Waals surface area contributed by atoms with Crippen LogP contribution in [0.1, 0.15) is 56.2 Å². The molecule has 0 unspecified atom stereocenters. The molecule has 0 saturated carbocycles. The minimum Gasteiger partial charge on any atom is -0.352 e. The highest BCUT2D eigenvalue weighted by Crippen LogP contribution is 2.30. The van der Waals surface area contributed by atoms with Crippen molar-refractivity contribution in [2.75, 3.05) is 0 Å². The summed E-state index contributed by atoms with van der Waals surface area (Å²) in [5.41, 5.74) is 2.95. The average molecular weight is 477 g/mol. The van der Waals surface area contributed by atoms with Gasteiger partial charge in [-0.05, 0) is 43.0 Å². The normalized spacial score (nSPS) is 12.7. The molecule has 0 aliphatic carbocycles. The molecular formula is C29H33ClN2O2. The summed E-state index contributed by atoms with van der Waals surface area (Å²) in [6.07, 6.45) is 1.07. The van der Waals surface area contributed by atoms with E-state index in [9.17, 15) is 9.59 Å². The summed E-state index contributed by atoms with van der Waals surface area (Å²) in [6, 6.07) is 26.9. The highest BCUT2D eigenvalue weighted by atomic mass is 35.5. The van der Waals surface area contributed by atoms with Gasteiger partial charge in [0.2, 0.25) is 11.8 Å². The molecule has 5 heteroatoms. The second kappa shape index (κ2) is 12.4. The molecule has 0 aliphatic rings. The first-order chi connectivity index (χ1) is 16.4. The molecule has 0 saturated heterocycles. The van der Waals surface area contributed by atoms with Crippen LogP contribution in [0.4, 0.5) is 0 Å². The summed E-state index contributed by atoms with van der Waals surface area (Å²) in [5, 5.41) is 3.60. The molecule has 3 aromatic carbocycles. The SMILES string of the molecule is CC[C@@H](C)NC(=O)[C@H](C)N(Cc1ccccc1Cl)C(=O)CC(c1ccccc1)c1ccccc1. The Balaban J connectivity index is 1.92. The number of hydrogen-bond acceptors (Lipinski definition) is 2. The number of rotatable bonds is 10. The Kier molecular flexibility index (Phi) is 9.29. The van der Waals surface area contributed by atoms with E-state index in [2.05, 4.69) is 5.32 Å². The van der Waals surface area contributed by atoms with Gasteiger partial charge in [-0.1, -0.05) is 97.4 Å². The van der Waals surface area contributed by atoms with E-state index in [1.807, 2.05) is 92.7 Å². The highest BCUT2D eigenvalue weighted by molar-refractivity contribution is 6.31. The van der Waals surface area contributed by atoms with E-state index in [1.165, 1.54) is 0 Å². The van der Waals surface area contributed by atoms with E-state index in [0.717, 1.165) is 23.1 Å². The maximum atomic E-state index is 13.8. The van der Waals surface area contributed by atoms with Crippen molar-refractivity contribution in [3.8, 4) is 0 Å². The van der Waals surface area contributed by atoms with Gasteiger partial charge < -0.3 is 10.2 Å². The second-order valence-corrected chi connectivity index (χ2v) is 9.09. The molecule has 0 aliphatic heterocycles. The van der Waals surface area contributed by atoms with Crippen LogP contribution in [0, 0.1) is 0 Å². The van der Waals surface area contributed by atoms with Gasteiger partial charge in [-0.3, -0.25) is 9.59 Å². The predicted octanol–water partition coefficient (Wildman–Crippen LogP) is 6.19. The number of amides is 2. The van der Waals surface area contributed by atoms with Crippen molar-refractivity contribution in [2.24, 2.45) is 0 Å². The van der Waals surface area contributed by atoms with Gasteiger partial charge in [0.25, 0.3) is 0 Å². The van der Waals surface area contributed by atoms with Crippen molar-refractivity contribution in [1.29, 1.82) is 0 Å². The Labute approximate surface area is 207 Å². The van der Waals surface area contributed by atoms with Crippen LogP contribution in [0.25, 0.3) is 0 Å². The summed E-state index contributed by atoms with van der Waals surface area (Å²) >= 11 is 6.42. The molecule has 34 heavy (non-hydrogen) atoms. The third kappa shape index (κ3) is 6.71. The third-order valence-corrected chi connectivity index (χ3v) is 6.62. The molecule has 3 rings (SSSR count). The van der Waals surface area contributed by atoms with E-state index >= 15 is 0 Å². The van der Waals surface area contributed by atoms with Gasteiger partial charge in [-0.25, -0.2) is 0 Å². The van der Waals surface area contributed by atoms with Gasteiger partial charge in [0, 0.05) is 29.9 Å². The van der Waals surface area contributed by atoms with E-state index in [-0.39, 0.29) is 36.7 Å². The van der Waals surface area contributed by atoms with Crippen molar-refractivity contribution >= 4 is 23.4 Å². The number of carbonyl (C=O) groups excluding carboxylic acids is 2. The van der Waals surface area contributed by atoms with E-state index < -0.39 is 6.04 Å². The third-order valence-electron chi connectivity index (χ3n) is 6.25. The summed E-state index contributed by atoms with van der Waals surface area (Å²) in [6.45, 7) is 6.04. The van der Waals surface area contributed by atoms with Crippen molar-refractivity contribution in [1.82, 2.24) is 10.2 Å². The lowest BCUT2D eigenvalue weighted by molar-refractivity contribution is -0.141. The van der Waals surface area contributed by atoms with E-state index in [4.69, 9.17) is 11.6 Å². The standard InChI is InChI=1S/C29H33ClN2O2/c1-4-21(2)31-29(34)22(3)32(20-25-17-11-12-18-27(25)30)28(33)19-26(23-13-7-5-8-14-23)24-15-9-6-10-16-24/h5-18,21-22,26H,4,19-20H2,1-3H3,(H,31,34)/t21-,22+/m1/s1. The lowest BCUT2D eigenvalue weighted by atomic mass is 9.88. The molecule has 0 aromatic heterocycles. The molecule has 0 heterocycles. The lowest BCUT2D eigenvalue weighted by Gasteiger charge is -2.31. The van der Waals surface area contributed by atoms with Gasteiger partial charge in [0.1, 0.15) is 6.04 Å². The second-order valence-electron chi connectivity index (χ2n) is 8.68. The van der Waals surface area contributed by atoms with Gasteiger partial charge in [-0.2, -0.15) is 0 Å². The van der Waals surface area contributed by atoms with Crippen LogP contribution < -0.4 is 5.32 Å². The van der Waals surface area contributed by atoms with E-state index in [0.29, 0.717) is 5.02 Å². The Bertz CT molecular complexity index is 1030. The maximum Gasteiger partial charge on any atom is 0.242 e. The minimum atomic E-state index is -0.634. The van der Waals surface area contributed by atoms with Gasteiger partial charge in [-0.15, -0.1) is 0 Å². The van der Waals surface area contributed by atoms with Crippen LogP contribution in [0.2, 0.25) is 5.02 Å². The fourth-order valence-corrected chi connectivity index (χ4v) is 4.14. The fraction of sp³-hybridized carbons (Fsp3) is 0.310. The van der Waals surface area contributed by atoms with Crippen LogP contribution >= 0.6 is 11.6 Å². The number of nitrogens with one attached hydrogen (secondary N) is 1. The molecule has 0 fully saturated rings. The van der Waals surface area contributed by atoms with Crippen molar-refractivity contribution in [3.05, 3.63) is 107 Å². The zero-order chi connectivity index (χ0) is 24.5. The Morgan fingerprint density at radius 1 is 0.853 bits per heavy atom. The van der Waals surface area contributed by atoms with E-state index in [1.54, 1.807) is 17.9 Å². The summed E-state index contributed by atoms with van der Waals surface area (Å²) in [4.78, 5) is 28.5. The summed E-state index contributed by atoms with van der Waals surface area (Å²) in [5.74, 6) is -0.372. The Morgan fingerprint density at radius 3 is 1.91 bits per heavy atom. The predicted molar refractivity (Wildman–Crippen MR) is 139 cm³/mol. The highest BCUT2D eigenvalue weighted by Gasteiger charge is 2.29. The van der Waals surface area contributed by atoms with Crippen LogP contribution in [-0.2, 0) is 16.1 Å². The van der Waals surface area contributed by atoms with Crippen LogP contribution in [0.15, 0.2) is 84.9 Å². The first kappa shape index (κ1) is 25.5. The maximum absolute atomic E-state index is 13.8. The van der Waals surface area contributed by atoms with Crippen molar-refractivity contribution < 1.29 is 9.59 Å². The number of halogens is 1. The largest absolute Gasteiger partial charge is 0.352 e. The van der Waals surface area contributed by atoms with Crippen molar-refractivity contribution in [3.63, 3.8) is 0 Å². The quantitative estimate of drug-likeness (QED) is 0.379. The summed E-state index contributed by atoms with van der Waals surface area (Å²) in [7, 11) is 0. The molecule has 0 bridgehead atoms. The monoisotopic (exact) mass is 476 g/mol. The van der Waals surface area contributed by atoms with Gasteiger partial charge in [0.05, 0.1) is 0 Å². The van der Waals surface area contributed by atoms with Crippen LogP contribution in [0.5, 0.6) is 0 Å². The molecule has 2 amide bonds. The van der Waals surface area contributed by atoms with Crippen LogP contribution in [-0.4, -0.2) is 28.8 Å².